The number of hydrogen-bond acceptors (Lipinski definition) is 8. The lowest BCUT2D eigenvalue weighted by molar-refractivity contribution is -0.145. The molecule has 4 atom stereocenters. The number of hydrogen-bond donors (Lipinski definition) is 3. The summed E-state index contributed by atoms with van der Waals surface area (Å²) in [7, 11) is 1.34. The van der Waals surface area contributed by atoms with Crippen LogP contribution in [-0.2, 0) is 14.3 Å². The van der Waals surface area contributed by atoms with Gasteiger partial charge >= 0.3 is 5.97 Å². The predicted molar refractivity (Wildman–Crippen MR) is 133 cm³/mol. The molecule has 1 aromatic rings. The molecule has 1 fully saturated rings. The number of methoxy groups -OCH3 is 1. The van der Waals surface area contributed by atoms with E-state index in [2.05, 4.69) is 22.8 Å². The fraction of sp³-hybridized carbons (Fsp3) is 0.565. The van der Waals surface area contributed by atoms with Gasteiger partial charge in [0.15, 0.2) is 0 Å². The molecule has 0 bridgehead atoms. The van der Waals surface area contributed by atoms with Crippen LogP contribution in [0.5, 0.6) is 5.75 Å². The molecule has 178 valence electrons. The van der Waals surface area contributed by atoms with E-state index in [0.717, 1.165) is 17.9 Å². The number of nitrogens with one attached hydrogen (secondary N) is 1. The van der Waals surface area contributed by atoms with Gasteiger partial charge < -0.3 is 20.5 Å². The average Bonchev–Trinajstić information content (AvgIpc) is 3.21. The zero-order valence-electron chi connectivity index (χ0n) is 18.8. The molecule has 1 amide bonds. The number of nitrogens with two attached hydrogens (primary N) is 1. The summed E-state index contributed by atoms with van der Waals surface area (Å²) in [4.78, 5) is 27.4. The Morgan fingerprint density at radius 1 is 1.38 bits per heavy atom. The molecule has 1 aromatic carbocycles. The van der Waals surface area contributed by atoms with Crippen LogP contribution in [0.15, 0.2) is 42.5 Å². The van der Waals surface area contributed by atoms with Gasteiger partial charge in [0.05, 0.1) is 13.2 Å². The second-order valence-corrected chi connectivity index (χ2v) is 9.08. The number of likely N-dealkylation sites (tertiary alicyclic amines) is 1. The Balaban J connectivity index is 2.05. The first-order valence-corrected chi connectivity index (χ1v) is 12.9. The molecule has 1 heterocycles. The third kappa shape index (κ3) is 8.69. The molecule has 2 rings (SSSR count). The minimum atomic E-state index is -0.649. The van der Waals surface area contributed by atoms with Crippen molar-refractivity contribution in [1.29, 1.82) is 0 Å². The zero-order chi connectivity index (χ0) is 23.3. The molecule has 9 heteroatoms. The Bertz CT molecular complexity index is 735. The van der Waals surface area contributed by atoms with E-state index in [1.54, 1.807) is 11.8 Å². The molecule has 0 saturated carbocycles. The van der Waals surface area contributed by atoms with Crippen LogP contribution in [0.3, 0.4) is 0 Å². The second kappa shape index (κ2) is 14.5. The molecule has 0 aliphatic carbocycles. The van der Waals surface area contributed by atoms with Crippen LogP contribution in [0.1, 0.15) is 19.3 Å². The van der Waals surface area contributed by atoms with Crippen LogP contribution in [0.2, 0.25) is 0 Å². The van der Waals surface area contributed by atoms with Crippen molar-refractivity contribution in [3.05, 3.63) is 42.5 Å². The Hall–Kier alpha value is -1.68. The third-order valence-corrected chi connectivity index (χ3v) is 6.37. The molecule has 0 spiro atoms. The summed E-state index contributed by atoms with van der Waals surface area (Å²) >= 11 is 5.81. The molecule has 1 aliphatic heterocycles. The van der Waals surface area contributed by atoms with Gasteiger partial charge in [-0.05, 0) is 37.0 Å². The maximum atomic E-state index is 13.2. The number of amides is 1. The van der Waals surface area contributed by atoms with E-state index in [1.165, 1.54) is 7.11 Å². The van der Waals surface area contributed by atoms with Crippen LogP contribution >= 0.6 is 24.4 Å². The summed E-state index contributed by atoms with van der Waals surface area (Å²) in [5.41, 5.74) is 5.88. The van der Waals surface area contributed by atoms with Crippen LogP contribution in [0.4, 0.5) is 0 Å². The largest absolute Gasteiger partial charge is 0.489 e. The maximum Gasteiger partial charge on any atom is 0.328 e. The Kier molecular flexibility index (Phi) is 12.0. The van der Waals surface area contributed by atoms with E-state index in [0.29, 0.717) is 31.7 Å². The SMILES string of the molecule is COC(=O)[C@H](CCSC)NC(=O)[C@@H]1C[C@H](Oc2ccccc2)CN1CC/C=C/[C@@H](N)CS. The number of carbonyl (C=O) groups is 2. The minimum Gasteiger partial charge on any atom is -0.489 e. The van der Waals surface area contributed by atoms with Gasteiger partial charge in [0.25, 0.3) is 0 Å². The van der Waals surface area contributed by atoms with Gasteiger partial charge in [-0.1, -0.05) is 30.4 Å². The van der Waals surface area contributed by atoms with Crippen molar-refractivity contribution in [3.8, 4) is 5.75 Å². The van der Waals surface area contributed by atoms with Crippen LogP contribution < -0.4 is 15.8 Å². The van der Waals surface area contributed by atoms with Gasteiger partial charge in [0.1, 0.15) is 17.9 Å². The summed E-state index contributed by atoms with van der Waals surface area (Å²) in [5.74, 6) is 1.54. The summed E-state index contributed by atoms with van der Waals surface area (Å²) in [6, 6.07) is 8.50. The molecule has 3 N–H and O–H groups in total. The van der Waals surface area contributed by atoms with Crippen molar-refractivity contribution in [3.63, 3.8) is 0 Å². The van der Waals surface area contributed by atoms with Crippen LogP contribution in [0, 0.1) is 0 Å². The lowest BCUT2D eigenvalue weighted by Gasteiger charge is -2.25. The Labute approximate surface area is 200 Å². The quantitative estimate of drug-likeness (QED) is 0.226. The number of nitrogens with zero attached hydrogens (tertiary/aromatic N) is 1. The molecular weight excluding hydrogens is 446 g/mol. The molecule has 32 heavy (non-hydrogen) atoms. The highest BCUT2D eigenvalue weighted by atomic mass is 32.2. The maximum absolute atomic E-state index is 13.2. The first-order valence-electron chi connectivity index (χ1n) is 10.8. The first kappa shape index (κ1) is 26.6. The van der Waals surface area contributed by atoms with E-state index in [4.69, 9.17) is 15.2 Å². The van der Waals surface area contributed by atoms with Crippen molar-refractivity contribution >= 4 is 36.3 Å². The van der Waals surface area contributed by atoms with E-state index >= 15 is 0 Å². The minimum absolute atomic E-state index is 0.0811. The van der Waals surface area contributed by atoms with E-state index in [9.17, 15) is 9.59 Å². The van der Waals surface area contributed by atoms with Crippen molar-refractivity contribution < 1.29 is 19.1 Å². The lowest BCUT2D eigenvalue weighted by Crippen LogP contribution is -2.50. The average molecular weight is 482 g/mol. The monoisotopic (exact) mass is 481 g/mol. The van der Waals surface area contributed by atoms with Gasteiger partial charge in [0.2, 0.25) is 5.91 Å². The standard InChI is InChI=1S/C23H35N3O4S2/c1-29-23(28)20(11-13-32-2)25-22(27)21-14-19(30-18-9-4-3-5-10-18)15-26(21)12-7-6-8-17(24)16-31/h3-6,8-10,17,19-21,31H,7,11-16,24H2,1-2H3,(H,25,27)/b8-6+/t17-,19+,20+,21+/m1/s1. The van der Waals surface area contributed by atoms with Gasteiger partial charge in [-0.25, -0.2) is 4.79 Å². The highest BCUT2D eigenvalue weighted by Crippen LogP contribution is 2.24. The summed E-state index contributed by atoms with van der Waals surface area (Å²) in [6.07, 6.45) is 7.66. The number of esters is 1. The third-order valence-electron chi connectivity index (χ3n) is 5.30. The van der Waals surface area contributed by atoms with Gasteiger partial charge in [0, 0.05) is 31.3 Å². The highest BCUT2D eigenvalue weighted by Gasteiger charge is 2.38. The molecular formula is C23H35N3O4S2. The molecule has 1 saturated heterocycles. The molecule has 1 aliphatic rings. The van der Waals surface area contributed by atoms with E-state index in [1.807, 2.05) is 48.7 Å². The smallest absolute Gasteiger partial charge is 0.328 e. The topological polar surface area (TPSA) is 93.9 Å². The predicted octanol–water partition coefficient (Wildman–Crippen LogP) is 2.12. The number of thioether (sulfide) groups is 1. The van der Waals surface area contributed by atoms with E-state index in [-0.39, 0.29) is 24.1 Å². The number of rotatable bonds is 13. The van der Waals surface area contributed by atoms with Crippen LogP contribution in [-0.4, -0.2) is 79.0 Å². The fourth-order valence-electron chi connectivity index (χ4n) is 3.63. The van der Waals surface area contributed by atoms with Crippen molar-refractivity contribution in [2.75, 3.05) is 38.0 Å². The van der Waals surface area contributed by atoms with Crippen molar-refractivity contribution in [2.24, 2.45) is 5.73 Å². The Morgan fingerprint density at radius 2 is 2.12 bits per heavy atom. The fourth-order valence-corrected chi connectivity index (χ4v) is 4.22. The number of carbonyl (C=O) groups excluding carboxylic acids is 2. The molecule has 0 aromatic heterocycles. The number of para-hydroxylation sites is 1. The summed E-state index contributed by atoms with van der Waals surface area (Å²) in [5, 5.41) is 2.90. The van der Waals surface area contributed by atoms with Crippen molar-refractivity contribution in [2.45, 2.75) is 43.5 Å². The zero-order valence-corrected chi connectivity index (χ0v) is 20.5. The first-order chi connectivity index (χ1) is 15.5. The molecule has 0 radical (unpaired) electrons. The van der Waals surface area contributed by atoms with Gasteiger partial charge in [-0.15, -0.1) is 0 Å². The van der Waals surface area contributed by atoms with Crippen molar-refractivity contribution in [1.82, 2.24) is 10.2 Å². The van der Waals surface area contributed by atoms with Gasteiger partial charge in [-0.2, -0.15) is 24.4 Å². The number of thiol groups is 1. The van der Waals surface area contributed by atoms with Crippen LogP contribution in [0.25, 0.3) is 0 Å². The Morgan fingerprint density at radius 3 is 2.78 bits per heavy atom. The molecule has 7 nitrogen and oxygen atoms in total. The lowest BCUT2D eigenvalue weighted by atomic mass is 10.1. The number of benzene rings is 1. The summed E-state index contributed by atoms with van der Waals surface area (Å²) < 4.78 is 11.0. The van der Waals surface area contributed by atoms with Gasteiger partial charge in [-0.3, -0.25) is 9.69 Å². The summed E-state index contributed by atoms with van der Waals surface area (Å²) in [6.45, 7) is 1.32. The second-order valence-electron chi connectivity index (χ2n) is 7.73. The molecule has 0 unspecified atom stereocenters. The normalized spacial score (nSPS) is 20.8. The van der Waals surface area contributed by atoms with E-state index < -0.39 is 12.0 Å². The number of ether oxygens (including phenoxy) is 2. The highest BCUT2D eigenvalue weighted by molar-refractivity contribution is 7.98.